The maximum absolute atomic E-state index is 13.6. The fraction of sp³-hybridized carbons (Fsp3) is 0.294. The van der Waals surface area contributed by atoms with E-state index in [2.05, 4.69) is 20.9 Å². The molecule has 1 aromatic heterocycles. The number of carbonyl (C=O) groups excluding carboxylic acids is 1. The Morgan fingerprint density at radius 3 is 2.73 bits per heavy atom. The van der Waals surface area contributed by atoms with Gasteiger partial charge in [-0.1, -0.05) is 33.6 Å². The van der Waals surface area contributed by atoms with Crippen molar-refractivity contribution in [2.75, 3.05) is 0 Å². The highest BCUT2D eigenvalue weighted by atomic mass is 79.9. The van der Waals surface area contributed by atoms with Crippen LogP contribution in [0.15, 0.2) is 30.3 Å². The fourth-order valence-electron chi connectivity index (χ4n) is 2.45. The Hall–Kier alpha value is -1.26. The number of pyridine rings is 1. The minimum absolute atomic E-state index is 0.157. The third-order valence-electron chi connectivity index (χ3n) is 3.73. The van der Waals surface area contributed by atoms with Crippen molar-refractivity contribution in [3.63, 3.8) is 0 Å². The van der Waals surface area contributed by atoms with Crippen LogP contribution in [0.3, 0.4) is 0 Å². The Kier molecular flexibility index (Phi) is 4.33. The topological polar surface area (TPSA) is 30.0 Å². The summed E-state index contributed by atoms with van der Waals surface area (Å²) >= 11 is 9.38. The zero-order valence-corrected chi connectivity index (χ0v) is 14.3. The van der Waals surface area contributed by atoms with Gasteiger partial charge in [0.25, 0.3) is 0 Å². The molecule has 1 fully saturated rings. The van der Waals surface area contributed by atoms with Crippen molar-refractivity contribution >= 4 is 33.3 Å². The lowest BCUT2D eigenvalue weighted by Gasteiger charge is -2.12. The second-order valence-corrected chi connectivity index (χ2v) is 7.31. The molecular weight excluding hydrogens is 369 g/mol. The number of benzene rings is 1. The molecule has 1 unspecified atom stereocenters. The standard InChI is InChI=1S/C17H14BrClFNO/c1-9(18)17(22)14-8-12(20)4-5-13(14)11-6-15(10-2-3-10)21-16(19)7-11/h4-10H,2-3H2,1H3. The van der Waals surface area contributed by atoms with Gasteiger partial charge in [-0.25, -0.2) is 9.37 Å². The first-order valence-corrected chi connectivity index (χ1v) is 8.41. The molecule has 22 heavy (non-hydrogen) atoms. The minimum Gasteiger partial charge on any atom is -0.293 e. The van der Waals surface area contributed by atoms with E-state index in [0.717, 1.165) is 24.1 Å². The molecule has 114 valence electrons. The lowest BCUT2D eigenvalue weighted by atomic mass is 9.95. The Balaban J connectivity index is 2.13. The van der Waals surface area contributed by atoms with Crippen LogP contribution in [0, 0.1) is 5.82 Å². The molecule has 1 aromatic carbocycles. The number of hydrogen-bond donors (Lipinski definition) is 0. The van der Waals surface area contributed by atoms with Crippen molar-refractivity contribution in [3.05, 3.63) is 52.6 Å². The molecule has 5 heteroatoms. The van der Waals surface area contributed by atoms with Gasteiger partial charge in [0.05, 0.1) is 4.83 Å². The number of ketones is 1. The zero-order chi connectivity index (χ0) is 15.9. The van der Waals surface area contributed by atoms with E-state index >= 15 is 0 Å². The van der Waals surface area contributed by atoms with E-state index in [-0.39, 0.29) is 10.6 Å². The summed E-state index contributed by atoms with van der Waals surface area (Å²) in [6.45, 7) is 1.73. The average Bonchev–Trinajstić information content (AvgIpc) is 3.30. The van der Waals surface area contributed by atoms with Crippen LogP contribution in [0.5, 0.6) is 0 Å². The van der Waals surface area contributed by atoms with Gasteiger partial charge in [-0.15, -0.1) is 0 Å². The first kappa shape index (κ1) is 15.6. The van der Waals surface area contributed by atoms with E-state index in [1.807, 2.05) is 6.07 Å². The zero-order valence-electron chi connectivity index (χ0n) is 11.9. The summed E-state index contributed by atoms with van der Waals surface area (Å²) in [5, 5.41) is 0.397. The minimum atomic E-state index is -0.428. The van der Waals surface area contributed by atoms with Gasteiger partial charge in [0.1, 0.15) is 11.0 Å². The first-order valence-electron chi connectivity index (χ1n) is 7.11. The number of rotatable bonds is 4. The number of carbonyl (C=O) groups is 1. The number of Topliss-reactive ketones (excluding diaryl/α,β-unsaturated/α-hetero) is 1. The summed E-state index contributed by atoms with van der Waals surface area (Å²) in [7, 11) is 0. The van der Waals surface area contributed by atoms with Gasteiger partial charge in [0, 0.05) is 17.2 Å². The van der Waals surface area contributed by atoms with Crippen molar-refractivity contribution in [1.82, 2.24) is 4.98 Å². The van der Waals surface area contributed by atoms with Crippen molar-refractivity contribution in [1.29, 1.82) is 0 Å². The van der Waals surface area contributed by atoms with E-state index in [0.29, 0.717) is 22.2 Å². The smallest absolute Gasteiger partial charge is 0.176 e. The predicted molar refractivity (Wildman–Crippen MR) is 89.3 cm³/mol. The molecule has 1 atom stereocenters. The van der Waals surface area contributed by atoms with Crippen LogP contribution in [-0.4, -0.2) is 15.6 Å². The number of hydrogen-bond acceptors (Lipinski definition) is 2. The van der Waals surface area contributed by atoms with Gasteiger partial charge in [0.2, 0.25) is 0 Å². The van der Waals surface area contributed by atoms with Crippen LogP contribution in [0.25, 0.3) is 11.1 Å². The highest BCUT2D eigenvalue weighted by Gasteiger charge is 2.26. The van der Waals surface area contributed by atoms with E-state index in [9.17, 15) is 9.18 Å². The van der Waals surface area contributed by atoms with Crippen LogP contribution in [-0.2, 0) is 0 Å². The maximum Gasteiger partial charge on any atom is 0.176 e. The Labute approximate surface area is 141 Å². The number of nitrogens with zero attached hydrogens (tertiary/aromatic N) is 1. The number of halogens is 3. The van der Waals surface area contributed by atoms with Gasteiger partial charge in [0.15, 0.2) is 5.78 Å². The molecule has 2 nitrogen and oxygen atoms in total. The van der Waals surface area contributed by atoms with Gasteiger partial charge in [-0.05, 0) is 55.2 Å². The lowest BCUT2D eigenvalue weighted by Crippen LogP contribution is -2.12. The molecule has 0 N–H and O–H groups in total. The van der Waals surface area contributed by atoms with Gasteiger partial charge in [-0.3, -0.25) is 4.79 Å². The monoisotopic (exact) mass is 381 g/mol. The molecule has 1 saturated carbocycles. The van der Waals surface area contributed by atoms with Gasteiger partial charge < -0.3 is 0 Å². The molecule has 1 aliphatic rings. The van der Waals surface area contributed by atoms with E-state index in [4.69, 9.17) is 11.6 Å². The van der Waals surface area contributed by atoms with Crippen molar-refractivity contribution in [3.8, 4) is 11.1 Å². The third-order valence-corrected chi connectivity index (χ3v) is 4.34. The second-order valence-electron chi connectivity index (χ2n) is 5.55. The molecule has 0 spiro atoms. The molecule has 0 saturated heterocycles. The quantitative estimate of drug-likeness (QED) is 0.403. The Morgan fingerprint density at radius 2 is 2.09 bits per heavy atom. The molecule has 3 rings (SSSR count). The van der Waals surface area contributed by atoms with Crippen molar-refractivity contribution < 1.29 is 9.18 Å². The van der Waals surface area contributed by atoms with Crippen LogP contribution in [0.1, 0.15) is 41.7 Å². The predicted octanol–water partition coefficient (Wildman–Crippen LogP) is 5.38. The van der Waals surface area contributed by atoms with Crippen LogP contribution < -0.4 is 0 Å². The molecule has 1 aliphatic carbocycles. The Bertz CT molecular complexity index is 743. The summed E-state index contributed by atoms with van der Waals surface area (Å²) < 4.78 is 13.6. The molecule has 0 amide bonds. The third kappa shape index (κ3) is 3.23. The van der Waals surface area contributed by atoms with Crippen molar-refractivity contribution in [2.24, 2.45) is 0 Å². The SMILES string of the molecule is CC(Br)C(=O)c1cc(F)ccc1-c1cc(Cl)nc(C2CC2)c1. The fourth-order valence-corrected chi connectivity index (χ4v) is 2.91. The van der Waals surface area contributed by atoms with Crippen molar-refractivity contribution in [2.45, 2.75) is 30.5 Å². The summed E-state index contributed by atoms with van der Waals surface area (Å²) in [6, 6.07) is 7.93. The normalized spacial score (nSPS) is 15.6. The molecule has 1 heterocycles. The first-order chi connectivity index (χ1) is 10.5. The van der Waals surface area contributed by atoms with E-state index in [1.54, 1.807) is 19.1 Å². The van der Waals surface area contributed by atoms with Gasteiger partial charge >= 0.3 is 0 Å². The van der Waals surface area contributed by atoms with Crippen LogP contribution in [0.4, 0.5) is 4.39 Å². The highest BCUT2D eigenvalue weighted by Crippen LogP contribution is 2.41. The number of aromatic nitrogens is 1. The van der Waals surface area contributed by atoms with E-state index < -0.39 is 5.82 Å². The maximum atomic E-state index is 13.6. The van der Waals surface area contributed by atoms with E-state index in [1.165, 1.54) is 12.1 Å². The van der Waals surface area contributed by atoms with Crippen LogP contribution >= 0.6 is 27.5 Å². The summed E-state index contributed by atoms with van der Waals surface area (Å²) in [4.78, 5) is 16.3. The molecule has 2 aromatic rings. The van der Waals surface area contributed by atoms with Crippen LogP contribution in [0.2, 0.25) is 5.15 Å². The highest BCUT2D eigenvalue weighted by molar-refractivity contribution is 9.10. The summed E-state index contributed by atoms with van der Waals surface area (Å²) in [6.07, 6.45) is 2.22. The molecule has 0 aliphatic heterocycles. The average molecular weight is 383 g/mol. The molecule has 0 radical (unpaired) electrons. The lowest BCUT2D eigenvalue weighted by molar-refractivity contribution is 0.0996. The summed E-state index contributed by atoms with van der Waals surface area (Å²) in [5.41, 5.74) is 2.79. The largest absolute Gasteiger partial charge is 0.293 e. The number of alkyl halides is 1. The second kappa shape index (κ2) is 6.09. The summed E-state index contributed by atoms with van der Waals surface area (Å²) in [5.74, 6) is -0.134. The van der Waals surface area contributed by atoms with Gasteiger partial charge in [-0.2, -0.15) is 0 Å². The molecular formula is C17H14BrClFNO. The molecule has 0 bridgehead atoms. The Morgan fingerprint density at radius 1 is 1.36 bits per heavy atom.